The molecule has 0 unspecified atom stereocenters. The van der Waals surface area contributed by atoms with E-state index in [1.807, 2.05) is 0 Å². The van der Waals surface area contributed by atoms with Crippen molar-refractivity contribution in [2.45, 2.75) is 31.7 Å². The van der Waals surface area contributed by atoms with Gasteiger partial charge in [0.05, 0.1) is 13.5 Å². The molecule has 1 aliphatic rings. The van der Waals surface area contributed by atoms with Gasteiger partial charge in [0.25, 0.3) is 0 Å². The molecular formula is C13H22N2O6. The van der Waals surface area contributed by atoms with E-state index in [9.17, 15) is 14.4 Å². The third-order valence-electron chi connectivity index (χ3n) is 3.62. The molecule has 1 fully saturated rings. The van der Waals surface area contributed by atoms with Gasteiger partial charge in [0.15, 0.2) is 0 Å². The molecule has 0 aromatic heterocycles. The van der Waals surface area contributed by atoms with E-state index in [0.717, 1.165) is 26.4 Å². The van der Waals surface area contributed by atoms with Gasteiger partial charge < -0.3 is 25.2 Å². The lowest BCUT2D eigenvalue weighted by molar-refractivity contribution is -0.147. The lowest BCUT2D eigenvalue weighted by atomic mass is 10.0. The zero-order valence-corrected chi connectivity index (χ0v) is 12.3. The van der Waals surface area contributed by atoms with Crippen molar-refractivity contribution in [3.05, 3.63) is 0 Å². The molecule has 1 atom stereocenters. The number of carbonyl (C=O) groups excluding carboxylic acids is 2. The van der Waals surface area contributed by atoms with Crippen LogP contribution in [0.2, 0.25) is 0 Å². The topological polar surface area (TPSA) is 114 Å². The number of urea groups is 1. The third-order valence-corrected chi connectivity index (χ3v) is 3.62. The molecule has 2 amide bonds. The second-order valence-electron chi connectivity index (χ2n) is 5.24. The smallest absolute Gasteiger partial charge is 0.326 e. The summed E-state index contributed by atoms with van der Waals surface area (Å²) >= 11 is 0. The van der Waals surface area contributed by atoms with Crippen molar-refractivity contribution in [2.75, 3.05) is 27.4 Å². The van der Waals surface area contributed by atoms with Gasteiger partial charge in [0.1, 0.15) is 6.04 Å². The van der Waals surface area contributed by atoms with E-state index in [2.05, 4.69) is 15.4 Å². The van der Waals surface area contributed by atoms with Crippen LogP contribution in [0.25, 0.3) is 0 Å². The number of ether oxygens (including phenoxy) is 2. The van der Waals surface area contributed by atoms with Gasteiger partial charge >= 0.3 is 18.0 Å². The molecule has 0 radical (unpaired) electrons. The maximum Gasteiger partial charge on any atom is 0.326 e. The summed E-state index contributed by atoms with van der Waals surface area (Å²) in [5.41, 5.74) is 0.0639. The van der Waals surface area contributed by atoms with Crippen LogP contribution in [0, 0.1) is 5.41 Å². The molecule has 0 aromatic carbocycles. The maximum absolute atomic E-state index is 11.7. The van der Waals surface area contributed by atoms with Gasteiger partial charge in [0, 0.05) is 20.3 Å². The molecule has 1 saturated carbocycles. The highest BCUT2D eigenvalue weighted by molar-refractivity contribution is 5.86. The Balaban J connectivity index is 2.37. The van der Waals surface area contributed by atoms with Crippen LogP contribution < -0.4 is 10.6 Å². The molecule has 8 heteroatoms. The van der Waals surface area contributed by atoms with Crippen molar-refractivity contribution in [2.24, 2.45) is 5.41 Å². The van der Waals surface area contributed by atoms with Gasteiger partial charge in [0.2, 0.25) is 0 Å². The van der Waals surface area contributed by atoms with Crippen LogP contribution in [0.15, 0.2) is 0 Å². The van der Waals surface area contributed by atoms with Crippen molar-refractivity contribution < 1.29 is 29.0 Å². The maximum atomic E-state index is 11.7. The monoisotopic (exact) mass is 302 g/mol. The zero-order valence-electron chi connectivity index (χ0n) is 12.3. The van der Waals surface area contributed by atoms with Crippen LogP contribution in [0.1, 0.15) is 25.7 Å². The molecule has 0 aromatic rings. The number of esters is 1. The van der Waals surface area contributed by atoms with E-state index in [0.29, 0.717) is 13.2 Å². The molecule has 0 aliphatic heterocycles. The first-order valence-corrected chi connectivity index (χ1v) is 6.75. The highest BCUT2D eigenvalue weighted by atomic mass is 16.5. The number of hydrogen-bond donors (Lipinski definition) is 3. The van der Waals surface area contributed by atoms with E-state index in [-0.39, 0.29) is 5.41 Å². The van der Waals surface area contributed by atoms with Gasteiger partial charge in [-0.1, -0.05) is 0 Å². The van der Waals surface area contributed by atoms with E-state index in [1.54, 1.807) is 7.11 Å². The van der Waals surface area contributed by atoms with Gasteiger partial charge in [-0.05, 0) is 24.7 Å². The fourth-order valence-electron chi connectivity index (χ4n) is 1.94. The fraction of sp³-hybridized carbons (Fsp3) is 0.769. The SMILES string of the molecule is COCCC1(CNC(=O)N[C@@H](CC(=O)OC)C(=O)O)CC1. The van der Waals surface area contributed by atoms with Gasteiger partial charge in [-0.15, -0.1) is 0 Å². The largest absolute Gasteiger partial charge is 0.480 e. The highest BCUT2D eigenvalue weighted by Gasteiger charge is 2.42. The summed E-state index contributed by atoms with van der Waals surface area (Å²) in [4.78, 5) is 33.8. The Morgan fingerprint density at radius 1 is 1.29 bits per heavy atom. The Hall–Kier alpha value is -1.83. The number of aliphatic carboxylic acids is 1. The minimum atomic E-state index is -1.30. The second-order valence-corrected chi connectivity index (χ2v) is 5.24. The second kappa shape index (κ2) is 7.82. The minimum Gasteiger partial charge on any atom is -0.480 e. The first kappa shape index (κ1) is 17.2. The summed E-state index contributed by atoms with van der Waals surface area (Å²) < 4.78 is 9.41. The number of carboxylic acid groups (broad SMARTS) is 1. The van der Waals surface area contributed by atoms with Crippen LogP contribution in [0.5, 0.6) is 0 Å². The number of methoxy groups -OCH3 is 2. The molecule has 0 spiro atoms. The molecule has 1 rings (SSSR count). The molecule has 0 heterocycles. The van der Waals surface area contributed by atoms with Crippen LogP contribution in [-0.2, 0) is 19.1 Å². The average molecular weight is 302 g/mol. The normalized spacial score (nSPS) is 16.7. The van der Waals surface area contributed by atoms with Crippen molar-refractivity contribution in [3.8, 4) is 0 Å². The van der Waals surface area contributed by atoms with E-state index < -0.39 is 30.4 Å². The van der Waals surface area contributed by atoms with Gasteiger partial charge in [-0.25, -0.2) is 9.59 Å². The van der Waals surface area contributed by atoms with Crippen molar-refractivity contribution in [1.29, 1.82) is 0 Å². The number of amides is 2. The average Bonchev–Trinajstić information content (AvgIpc) is 3.22. The molecule has 3 N–H and O–H groups in total. The Labute approximate surface area is 123 Å². The number of rotatable bonds is 9. The Bertz CT molecular complexity index is 394. The van der Waals surface area contributed by atoms with E-state index >= 15 is 0 Å². The highest BCUT2D eigenvalue weighted by Crippen LogP contribution is 2.48. The first-order chi connectivity index (χ1) is 9.92. The number of carboxylic acids is 1. The molecule has 120 valence electrons. The lowest BCUT2D eigenvalue weighted by Crippen LogP contribution is -2.48. The number of nitrogens with one attached hydrogen (secondary N) is 2. The lowest BCUT2D eigenvalue weighted by Gasteiger charge is -2.18. The zero-order chi connectivity index (χ0) is 15.9. The van der Waals surface area contributed by atoms with Crippen LogP contribution in [0.4, 0.5) is 4.79 Å². The molecular weight excluding hydrogens is 280 g/mol. The van der Waals surface area contributed by atoms with Crippen molar-refractivity contribution in [1.82, 2.24) is 10.6 Å². The van der Waals surface area contributed by atoms with Crippen LogP contribution >= 0.6 is 0 Å². The Kier molecular flexibility index (Phi) is 6.41. The summed E-state index contributed by atoms with van der Waals surface area (Å²) in [6, 6.07) is -1.90. The molecule has 1 aliphatic carbocycles. The minimum absolute atomic E-state index is 0.0639. The number of carbonyl (C=O) groups is 3. The predicted octanol–water partition coefficient (Wildman–Crippen LogP) is 0.119. The number of hydrogen-bond acceptors (Lipinski definition) is 5. The van der Waals surface area contributed by atoms with Gasteiger partial charge in [-0.3, -0.25) is 4.79 Å². The summed E-state index contributed by atoms with van der Waals surface area (Å²) in [5, 5.41) is 13.9. The Morgan fingerprint density at radius 2 is 1.95 bits per heavy atom. The predicted molar refractivity (Wildman–Crippen MR) is 72.8 cm³/mol. The Morgan fingerprint density at radius 3 is 2.43 bits per heavy atom. The molecule has 0 bridgehead atoms. The standard InChI is InChI=1S/C13H22N2O6/c1-20-6-5-13(3-4-13)8-14-12(19)15-9(11(17)18)7-10(16)21-2/h9H,3-8H2,1-2H3,(H,17,18)(H2,14,15,19)/t9-/m0/s1. The molecule has 21 heavy (non-hydrogen) atoms. The van der Waals surface area contributed by atoms with Crippen LogP contribution in [-0.4, -0.2) is 56.5 Å². The third kappa shape index (κ3) is 5.99. The fourth-order valence-corrected chi connectivity index (χ4v) is 1.94. The van der Waals surface area contributed by atoms with Gasteiger partial charge in [-0.2, -0.15) is 0 Å². The van der Waals surface area contributed by atoms with E-state index in [1.165, 1.54) is 0 Å². The van der Waals surface area contributed by atoms with E-state index in [4.69, 9.17) is 9.84 Å². The quantitative estimate of drug-likeness (QED) is 0.521. The summed E-state index contributed by atoms with van der Waals surface area (Å²) in [7, 11) is 2.79. The summed E-state index contributed by atoms with van der Waals surface area (Å²) in [6.07, 6.45) is 2.48. The summed E-state index contributed by atoms with van der Waals surface area (Å²) in [6.45, 7) is 1.09. The summed E-state index contributed by atoms with van der Waals surface area (Å²) in [5.74, 6) is -1.97. The first-order valence-electron chi connectivity index (χ1n) is 6.75. The van der Waals surface area contributed by atoms with Crippen molar-refractivity contribution >= 4 is 18.0 Å². The molecule has 0 saturated heterocycles. The van der Waals surface area contributed by atoms with Crippen LogP contribution in [0.3, 0.4) is 0 Å². The van der Waals surface area contributed by atoms with Crippen molar-refractivity contribution in [3.63, 3.8) is 0 Å². The molecule has 8 nitrogen and oxygen atoms in total.